The molecule has 154 valence electrons. The normalized spacial score (nSPS) is 25.4. The zero-order valence-corrected chi connectivity index (χ0v) is 16.2. The number of ether oxygens (including phenoxy) is 1. The Labute approximate surface area is 173 Å². The number of allylic oxidation sites excluding steroid dienone is 1. The highest BCUT2D eigenvalue weighted by atomic mass is 32.2. The molecule has 0 radical (unpaired) electrons. The Morgan fingerprint density at radius 3 is 2.70 bits per heavy atom. The Kier molecular flexibility index (Phi) is 4.57. The van der Waals surface area contributed by atoms with Crippen molar-refractivity contribution in [3.8, 4) is 5.75 Å². The maximum Gasteiger partial charge on any atom is 0.471 e. The van der Waals surface area contributed by atoms with Gasteiger partial charge in [0.2, 0.25) is 0 Å². The molecule has 1 amide bonds. The van der Waals surface area contributed by atoms with Gasteiger partial charge in [0.15, 0.2) is 6.61 Å². The van der Waals surface area contributed by atoms with Crippen molar-refractivity contribution in [1.82, 2.24) is 5.43 Å². The lowest BCUT2D eigenvalue weighted by Gasteiger charge is -2.35. The number of anilines is 1. The molecule has 30 heavy (non-hydrogen) atoms. The quantitative estimate of drug-likeness (QED) is 0.682. The van der Waals surface area contributed by atoms with Crippen molar-refractivity contribution in [1.29, 1.82) is 0 Å². The molecular weight excluding hydrogens is 417 g/mol. The van der Waals surface area contributed by atoms with Gasteiger partial charge in [-0.2, -0.15) is 23.2 Å². The average Bonchev–Trinajstić information content (AvgIpc) is 3.16. The van der Waals surface area contributed by atoms with E-state index in [0.717, 1.165) is 17.3 Å². The number of halogens is 3. The topological polar surface area (TPSA) is 67.2 Å². The Balaban J connectivity index is 1.53. The van der Waals surface area contributed by atoms with Crippen LogP contribution in [0.25, 0.3) is 0 Å². The third kappa shape index (κ3) is 3.36. The van der Waals surface area contributed by atoms with Crippen LogP contribution < -0.4 is 20.5 Å². The summed E-state index contributed by atoms with van der Waals surface area (Å²) >= 11 is 1.27. The average molecular weight is 433 g/mol. The first kappa shape index (κ1) is 19.2. The molecule has 0 aromatic heterocycles. The minimum atomic E-state index is -4.49. The zero-order chi connectivity index (χ0) is 20.9. The van der Waals surface area contributed by atoms with Crippen LogP contribution in [0, 0.1) is 0 Å². The van der Waals surface area contributed by atoms with E-state index in [1.807, 2.05) is 36.4 Å². The number of hydrogen-bond donors (Lipinski definition) is 3. The van der Waals surface area contributed by atoms with E-state index in [4.69, 9.17) is 4.74 Å². The number of nitrogens with one attached hydrogen (secondary N) is 3. The molecule has 10 heteroatoms. The predicted molar refractivity (Wildman–Crippen MR) is 106 cm³/mol. The number of amides is 1. The highest BCUT2D eigenvalue weighted by Gasteiger charge is 2.52. The lowest BCUT2D eigenvalue weighted by atomic mass is 9.97. The van der Waals surface area contributed by atoms with Gasteiger partial charge in [-0.25, -0.2) is 0 Å². The van der Waals surface area contributed by atoms with Crippen LogP contribution in [0.3, 0.4) is 0 Å². The smallest absolute Gasteiger partial charge is 0.471 e. The molecule has 2 aromatic rings. The molecule has 3 aliphatic rings. The molecule has 1 fully saturated rings. The van der Waals surface area contributed by atoms with Crippen molar-refractivity contribution in [2.75, 3.05) is 11.9 Å². The van der Waals surface area contributed by atoms with Crippen LogP contribution >= 0.6 is 11.8 Å². The second kappa shape index (κ2) is 7.15. The Morgan fingerprint density at radius 1 is 1.13 bits per heavy atom. The number of rotatable bonds is 2. The summed E-state index contributed by atoms with van der Waals surface area (Å²) < 4.78 is 45.7. The first-order chi connectivity index (χ1) is 14.4. The molecule has 0 aliphatic carbocycles. The number of quaternary nitrogens is 1. The highest BCUT2D eigenvalue weighted by Crippen LogP contribution is 2.44. The predicted octanol–water partition coefficient (Wildman–Crippen LogP) is 2.71. The van der Waals surface area contributed by atoms with Crippen LogP contribution in [-0.4, -0.2) is 23.9 Å². The molecule has 3 atom stereocenters. The molecule has 3 heterocycles. The molecule has 3 aliphatic heterocycles. The van der Waals surface area contributed by atoms with Gasteiger partial charge in [-0.3, -0.25) is 4.79 Å². The molecule has 0 saturated carbocycles. The summed E-state index contributed by atoms with van der Waals surface area (Å²) in [7, 11) is 0. The first-order valence-electron chi connectivity index (χ1n) is 9.18. The second-order valence-electron chi connectivity index (χ2n) is 7.01. The first-order valence-corrected chi connectivity index (χ1v) is 10.1. The summed E-state index contributed by atoms with van der Waals surface area (Å²) in [5, 5.41) is 2.83. The van der Waals surface area contributed by atoms with Crippen molar-refractivity contribution in [2.45, 2.75) is 17.5 Å². The number of fused-ring (bicyclic) bond motifs is 2. The summed E-state index contributed by atoms with van der Waals surface area (Å²) in [6.07, 6.45) is -3.62. The van der Waals surface area contributed by atoms with Gasteiger partial charge in [0, 0.05) is 0 Å². The van der Waals surface area contributed by atoms with E-state index >= 15 is 0 Å². The fourth-order valence-electron chi connectivity index (χ4n) is 3.69. The van der Waals surface area contributed by atoms with Crippen molar-refractivity contribution in [3.63, 3.8) is 0 Å². The summed E-state index contributed by atoms with van der Waals surface area (Å²) in [5.74, 6) is 0.318. The van der Waals surface area contributed by atoms with Crippen LogP contribution in [-0.2, 0) is 4.79 Å². The van der Waals surface area contributed by atoms with Gasteiger partial charge in [-0.05, 0) is 35.0 Å². The molecule has 0 spiro atoms. The standard InChI is InChI=1S/C20H15F3N4O2S/c21-20(22,23)15-9-24-19-27(15)26-17(11-4-2-1-3-5-11)18(30-19)12-6-7-14-13(8-12)25-16(28)10-29-14/h1-9,17-18,26H,10H2,(H,25,28)/p+1. The number of alkyl halides is 3. The Morgan fingerprint density at radius 2 is 1.93 bits per heavy atom. The molecule has 3 unspecified atom stereocenters. The van der Waals surface area contributed by atoms with Crippen molar-refractivity contribution < 1.29 is 27.7 Å². The van der Waals surface area contributed by atoms with Crippen LogP contribution in [0.5, 0.6) is 5.75 Å². The maximum absolute atomic E-state index is 13.4. The fourth-order valence-corrected chi connectivity index (χ4v) is 4.97. The fraction of sp³-hybridized carbons (Fsp3) is 0.200. The van der Waals surface area contributed by atoms with Gasteiger partial charge < -0.3 is 10.1 Å². The number of carbonyl (C=O) groups is 1. The number of thioether (sulfide) groups is 1. The van der Waals surface area contributed by atoms with Crippen molar-refractivity contribution in [2.24, 2.45) is 4.99 Å². The Hall–Kier alpha value is -2.82. The van der Waals surface area contributed by atoms with Crippen LogP contribution in [0.4, 0.5) is 18.9 Å². The number of hydrogen-bond acceptors (Lipinski definition) is 5. The monoisotopic (exact) mass is 433 g/mol. The van der Waals surface area contributed by atoms with E-state index < -0.39 is 17.9 Å². The summed E-state index contributed by atoms with van der Waals surface area (Å²) in [6.45, 7) is -0.0419. The number of benzene rings is 2. The van der Waals surface area contributed by atoms with E-state index in [0.29, 0.717) is 16.6 Å². The van der Waals surface area contributed by atoms with Crippen LogP contribution in [0.1, 0.15) is 22.4 Å². The summed E-state index contributed by atoms with van der Waals surface area (Å²) in [6, 6.07) is 14.3. The largest absolute Gasteiger partial charge is 0.482 e. The SMILES string of the molecule is O=C1COc2ccc(C3SC4=NC=C(C(F)(F)F)[NH+]4NC3c3ccccc3)cc2N1. The molecule has 5 rings (SSSR count). The molecule has 1 saturated heterocycles. The molecule has 6 nitrogen and oxygen atoms in total. The van der Waals surface area contributed by atoms with Crippen LogP contribution in [0.2, 0.25) is 0 Å². The highest BCUT2D eigenvalue weighted by molar-refractivity contribution is 8.13. The molecule has 0 bridgehead atoms. The van der Waals surface area contributed by atoms with E-state index in [-0.39, 0.29) is 22.8 Å². The second-order valence-corrected chi connectivity index (χ2v) is 8.14. The van der Waals surface area contributed by atoms with Crippen LogP contribution in [0.15, 0.2) is 65.4 Å². The number of amidine groups is 1. The maximum atomic E-state index is 13.4. The minimum absolute atomic E-state index is 0.00667. The van der Waals surface area contributed by atoms with E-state index in [1.165, 1.54) is 11.8 Å². The molecule has 2 aromatic carbocycles. The third-order valence-corrected chi connectivity index (χ3v) is 6.40. The van der Waals surface area contributed by atoms with Gasteiger partial charge in [0.1, 0.15) is 11.9 Å². The summed E-state index contributed by atoms with van der Waals surface area (Å²) in [5.41, 5.74) is 4.56. The third-order valence-electron chi connectivity index (χ3n) is 5.06. The molecule has 3 N–H and O–H groups in total. The molecular formula is C20H16F3N4O2S+. The van der Waals surface area contributed by atoms with Crippen molar-refractivity contribution >= 4 is 28.5 Å². The van der Waals surface area contributed by atoms with Gasteiger partial charge in [-0.1, -0.05) is 36.4 Å². The minimum Gasteiger partial charge on any atom is -0.482 e. The van der Waals surface area contributed by atoms with Gasteiger partial charge in [0.25, 0.3) is 16.8 Å². The number of nitrogens with zero attached hydrogens (tertiary/aromatic N) is 1. The van der Waals surface area contributed by atoms with Crippen molar-refractivity contribution in [3.05, 3.63) is 71.6 Å². The zero-order valence-electron chi connectivity index (χ0n) is 15.4. The lowest BCUT2D eigenvalue weighted by molar-refractivity contribution is -0.825. The van der Waals surface area contributed by atoms with Gasteiger partial charge >= 0.3 is 6.18 Å². The van der Waals surface area contributed by atoms with Gasteiger partial charge in [-0.15, -0.1) is 5.43 Å². The van der Waals surface area contributed by atoms with E-state index in [9.17, 15) is 18.0 Å². The lowest BCUT2D eigenvalue weighted by Crippen LogP contribution is -3.20. The number of aliphatic imine (C=N–C) groups is 1. The Bertz CT molecular complexity index is 1070. The summed E-state index contributed by atoms with van der Waals surface area (Å²) in [4.78, 5) is 15.7. The van der Waals surface area contributed by atoms with E-state index in [1.54, 1.807) is 12.1 Å². The number of carbonyl (C=O) groups excluding carboxylic acids is 1. The van der Waals surface area contributed by atoms with E-state index in [2.05, 4.69) is 15.7 Å². The van der Waals surface area contributed by atoms with Gasteiger partial charge in [0.05, 0.1) is 17.0 Å².